The second-order valence-electron chi connectivity index (χ2n) is 5.43. The number of aryl methyl sites for hydroxylation is 2. The lowest BCUT2D eigenvalue weighted by atomic mass is 10.0. The van der Waals surface area contributed by atoms with Crippen molar-refractivity contribution >= 4 is 5.91 Å². The van der Waals surface area contributed by atoms with Crippen LogP contribution < -0.4 is 11.0 Å². The van der Waals surface area contributed by atoms with Gasteiger partial charge in [-0.05, 0) is 45.4 Å². The third-order valence-electron chi connectivity index (χ3n) is 3.08. The summed E-state index contributed by atoms with van der Waals surface area (Å²) in [4.78, 5) is 30.2. The van der Waals surface area contributed by atoms with Crippen molar-refractivity contribution in [1.82, 2.24) is 15.3 Å². The standard InChI is InChI=1S/C16H19N3O2/c1-9(2)17-15(20)14-8-13(18-16(21)19-14)12-7-10(3)5-6-11(12)4/h5-9H,1-4H3,(H,17,20)(H,18,19,21). The zero-order valence-electron chi connectivity index (χ0n) is 12.7. The number of nitrogens with zero attached hydrogens (tertiary/aromatic N) is 1. The van der Waals surface area contributed by atoms with Crippen LogP contribution in [0.2, 0.25) is 0 Å². The minimum atomic E-state index is -0.526. The molecule has 0 aliphatic carbocycles. The van der Waals surface area contributed by atoms with Crippen molar-refractivity contribution in [1.29, 1.82) is 0 Å². The minimum Gasteiger partial charge on any atom is -0.349 e. The van der Waals surface area contributed by atoms with Crippen LogP contribution >= 0.6 is 0 Å². The fourth-order valence-electron chi connectivity index (χ4n) is 2.07. The molecular formula is C16H19N3O2. The summed E-state index contributed by atoms with van der Waals surface area (Å²) in [7, 11) is 0. The van der Waals surface area contributed by atoms with Gasteiger partial charge in [-0.2, -0.15) is 4.98 Å². The van der Waals surface area contributed by atoms with Crippen LogP contribution in [0.3, 0.4) is 0 Å². The fourth-order valence-corrected chi connectivity index (χ4v) is 2.07. The third-order valence-corrected chi connectivity index (χ3v) is 3.08. The topological polar surface area (TPSA) is 74.8 Å². The molecule has 1 aromatic carbocycles. The lowest BCUT2D eigenvalue weighted by Gasteiger charge is -2.10. The summed E-state index contributed by atoms with van der Waals surface area (Å²) < 4.78 is 0. The molecule has 0 saturated carbocycles. The van der Waals surface area contributed by atoms with Crippen LogP contribution in [0.5, 0.6) is 0 Å². The first kappa shape index (κ1) is 15.0. The first-order chi connectivity index (χ1) is 9.86. The molecule has 0 atom stereocenters. The van der Waals surface area contributed by atoms with E-state index in [0.29, 0.717) is 5.69 Å². The Balaban J connectivity index is 2.51. The molecule has 0 fully saturated rings. The molecule has 5 heteroatoms. The van der Waals surface area contributed by atoms with E-state index in [0.717, 1.165) is 16.7 Å². The maximum atomic E-state index is 12.0. The van der Waals surface area contributed by atoms with E-state index in [1.165, 1.54) is 0 Å². The number of hydrogen-bond acceptors (Lipinski definition) is 3. The van der Waals surface area contributed by atoms with Crippen molar-refractivity contribution in [2.24, 2.45) is 0 Å². The highest BCUT2D eigenvalue weighted by atomic mass is 16.2. The molecule has 0 aliphatic rings. The van der Waals surface area contributed by atoms with Crippen LogP contribution in [0.1, 0.15) is 35.5 Å². The number of aromatic amines is 1. The van der Waals surface area contributed by atoms with E-state index in [1.54, 1.807) is 6.07 Å². The van der Waals surface area contributed by atoms with Crippen LogP contribution in [0.25, 0.3) is 11.3 Å². The molecule has 2 N–H and O–H groups in total. The van der Waals surface area contributed by atoms with Crippen molar-refractivity contribution in [3.05, 3.63) is 51.6 Å². The summed E-state index contributed by atoms with van der Waals surface area (Å²) in [5.74, 6) is -0.309. The molecule has 2 aromatic rings. The molecule has 1 aromatic heterocycles. The summed E-state index contributed by atoms with van der Waals surface area (Å²) in [5.41, 5.74) is 3.15. The molecule has 5 nitrogen and oxygen atoms in total. The van der Waals surface area contributed by atoms with Crippen LogP contribution in [0.4, 0.5) is 0 Å². The summed E-state index contributed by atoms with van der Waals surface area (Å²) in [5, 5.41) is 2.75. The van der Waals surface area contributed by atoms with Gasteiger partial charge in [-0.1, -0.05) is 17.7 Å². The quantitative estimate of drug-likeness (QED) is 0.907. The molecule has 0 aliphatic heterocycles. The monoisotopic (exact) mass is 285 g/mol. The van der Waals surface area contributed by atoms with Gasteiger partial charge < -0.3 is 10.3 Å². The van der Waals surface area contributed by atoms with Gasteiger partial charge in [0.2, 0.25) is 0 Å². The highest BCUT2D eigenvalue weighted by molar-refractivity contribution is 5.93. The summed E-state index contributed by atoms with van der Waals surface area (Å²) in [6.45, 7) is 7.65. The van der Waals surface area contributed by atoms with E-state index in [-0.39, 0.29) is 17.6 Å². The number of carbonyl (C=O) groups excluding carboxylic acids is 1. The number of aromatic nitrogens is 2. The Bertz CT molecular complexity index is 733. The Morgan fingerprint density at radius 1 is 1.24 bits per heavy atom. The molecule has 2 rings (SSSR count). The van der Waals surface area contributed by atoms with Gasteiger partial charge in [-0.25, -0.2) is 4.79 Å². The molecule has 0 radical (unpaired) electrons. The zero-order chi connectivity index (χ0) is 15.6. The summed E-state index contributed by atoms with van der Waals surface area (Å²) in [6, 6.07) is 7.54. The van der Waals surface area contributed by atoms with Gasteiger partial charge in [0.05, 0.1) is 5.69 Å². The zero-order valence-corrected chi connectivity index (χ0v) is 12.7. The van der Waals surface area contributed by atoms with Crippen LogP contribution in [0, 0.1) is 13.8 Å². The smallest absolute Gasteiger partial charge is 0.346 e. The Hall–Kier alpha value is -2.43. The number of hydrogen-bond donors (Lipinski definition) is 2. The Morgan fingerprint density at radius 2 is 1.95 bits per heavy atom. The van der Waals surface area contributed by atoms with Crippen molar-refractivity contribution < 1.29 is 4.79 Å². The number of H-pyrrole nitrogens is 1. The normalized spacial score (nSPS) is 10.7. The lowest BCUT2D eigenvalue weighted by molar-refractivity contribution is 0.0937. The van der Waals surface area contributed by atoms with E-state index < -0.39 is 5.69 Å². The number of rotatable bonds is 3. The Labute approximate surface area is 123 Å². The van der Waals surface area contributed by atoms with Crippen molar-refractivity contribution in [2.75, 3.05) is 0 Å². The van der Waals surface area contributed by atoms with Gasteiger partial charge in [0.25, 0.3) is 5.91 Å². The second kappa shape index (κ2) is 5.91. The number of nitrogens with one attached hydrogen (secondary N) is 2. The molecule has 0 saturated heterocycles. The predicted molar refractivity (Wildman–Crippen MR) is 82.4 cm³/mol. The lowest BCUT2D eigenvalue weighted by Crippen LogP contribution is -2.32. The fraction of sp³-hybridized carbons (Fsp3) is 0.312. The van der Waals surface area contributed by atoms with Gasteiger partial charge >= 0.3 is 5.69 Å². The largest absolute Gasteiger partial charge is 0.349 e. The number of carbonyl (C=O) groups is 1. The third kappa shape index (κ3) is 3.56. The first-order valence-corrected chi connectivity index (χ1v) is 6.86. The van der Waals surface area contributed by atoms with Crippen LogP contribution in [-0.2, 0) is 0 Å². The molecule has 1 amide bonds. The number of benzene rings is 1. The van der Waals surface area contributed by atoms with Gasteiger partial charge in [-0.3, -0.25) is 4.79 Å². The predicted octanol–water partition coefficient (Wildman–Crippen LogP) is 2.19. The minimum absolute atomic E-state index is 0.00155. The molecule has 1 heterocycles. The van der Waals surface area contributed by atoms with E-state index in [1.807, 2.05) is 45.9 Å². The maximum absolute atomic E-state index is 12.0. The van der Waals surface area contributed by atoms with Crippen molar-refractivity contribution in [3.8, 4) is 11.3 Å². The molecule has 21 heavy (non-hydrogen) atoms. The molecule has 0 bridgehead atoms. The highest BCUT2D eigenvalue weighted by Crippen LogP contribution is 2.22. The van der Waals surface area contributed by atoms with Gasteiger partial charge in [0, 0.05) is 11.6 Å². The Morgan fingerprint density at radius 3 is 2.62 bits per heavy atom. The van der Waals surface area contributed by atoms with Crippen LogP contribution in [0.15, 0.2) is 29.1 Å². The van der Waals surface area contributed by atoms with Gasteiger partial charge in [0.15, 0.2) is 0 Å². The van der Waals surface area contributed by atoms with Gasteiger partial charge in [0.1, 0.15) is 5.69 Å². The SMILES string of the molecule is Cc1ccc(C)c(-c2cc(C(=O)NC(C)C)[nH]c(=O)n2)c1. The van der Waals surface area contributed by atoms with E-state index in [9.17, 15) is 9.59 Å². The number of amides is 1. The molecule has 110 valence electrons. The summed E-state index contributed by atoms with van der Waals surface area (Å²) in [6.07, 6.45) is 0. The van der Waals surface area contributed by atoms with E-state index >= 15 is 0 Å². The molecular weight excluding hydrogens is 266 g/mol. The van der Waals surface area contributed by atoms with E-state index in [4.69, 9.17) is 0 Å². The van der Waals surface area contributed by atoms with Crippen molar-refractivity contribution in [2.45, 2.75) is 33.7 Å². The average molecular weight is 285 g/mol. The van der Waals surface area contributed by atoms with Crippen molar-refractivity contribution in [3.63, 3.8) is 0 Å². The van der Waals surface area contributed by atoms with Gasteiger partial charge in [-0.15, -0.1) is 0 Å². The Kier molecular flexibility index (Phi) is 4.21. The average Bonchev–Trinajstić information content (AvgIpc) is 2.40. The van der Waals surface area contributed by atoms with E-state index in [2.05, 4.69) is 15.3 Å². The van der Waals surface area contributed by atoms with Crippen LogP contribution in [-0.4, -0.2) is 21.9 Å². The summed E-state index contributed by atoms with van der Waals surface area (Å²) >= 11 is 0. The highest BCUT2D eigenvalue weighted by Gasteiger charge is 2.12. The molecule has 0 unspecified atom stereocenters. The maximum Gasteiger partial charge on any atom is 0.346 e. The molecule has 0 spiro atoms. The second-order valence-corrected chi connectivity index (χ2v) is 5.43. The first-order valence-electron chi connectivity index (χ1n) is 6.86.